The summed E-state index contributed by atoms with van der Waals surface area (Å²) in [5.74, 6) is -0.363. The van der Waals surface area contributed by atoms with Crippen LogP contribution in [0.15, 0.2) is 76.8 Å². The SMILES string of the molecule is CCn1c(S/C(=C\c2cc(OC)c(OCc3ccccc3)cc2[N+](=O)[O-])C(=O)O)nnc1-c1ccc(Cl)cc1. The lowest BCUT2D eigenvalue weighted by Crippen LogP contribution is -2.04. The number of rotatable bonds is 11. The van der Waals surface area contributed by atoms with Gasteiger partial charge < -0.3 is 19.1 Å². The highest BCUT2D eigenvalue weighted by Crippen LogP contribution is 2.38. The average Bonchev–Trinajstić information content (AvgIpc) is 3.34. The molecule has 0 atom stereocenters. The van der Waals surface area contributed by atoms with Gasteiger partial charge in [-0.3, -0.25) is 10.1 Å². The Morgan fingerprint density at radius 3 is 2.46 bits per heavy atom. The number of methoxy groups -OCH3 is 1. The Balaban J connectivity index is 1.69. The van der Waals surface area contributed by atoms with Crippen LogP contribution < -0.4 is 9.47 Å². The molecule has 12 heteroatoms. The van der Waals surface area contributed by atoms with Gasteiger partial charge in [-0.1, -0.05) is 41.9 Å². The number of thioether (sulfide) groups is 1. The molecule has 4 aromatic rings. The minimum absolute atomic E-state index is 0.0364. The number of hydrogen-bond acceptors (Lipinski definition) is 8. The third-order valence-electron chi connectivity index (χ3n) is 5.58. The van der Waals surface area contributed by atoms with Crippen molar-refractivity contribution >= 4 is 41.1 Å². The van der Waals surface area contributed by atoms with Gasteiger partial charge in [0.25, 0.3) is 5.69 Å². The van der Waals surface area contributed by atoms with Crippen LogP contribution in [0.2, 0.25) is 5.02 Å². The summed E-state index contributed by atoms with van der Waals surface area (Å²) in [5, 5.41) is 31.2. The summed E-state index contributed by atoms with van der Waals surface area (Å²) in [5.41, 5.74) is 1.33. The van der Waals surface area contributed by atoms with Crippen molar-refractivity contribution < 1.29 is 24.3 Å². The fourth-order valence-corrected chi connectivity index (χ4v) is 4.69. The first-order chi connectivity index (χ1) is 18.8. The van der Waals surface area contributed by atoms with Crippen molar-refractivity contribution in [1.29, 1.82) is 0 Å². The third kappa shape index (κ3) is 6.57. The minimum Gasteiger partial charge on any atom is -0.493 e. The van der Waals surface area contributed by atoms with Crippen LogP contribution in [0.25, 0.3) is 17.5 Å². The molecule has 10 nitrogen and oxygen atoms in total. The number of aromatic nitrogens is 3. The smallest absolute Gasteiger partial charge is 0.342 e. The summed E-state index contributed by atoms with van der Waals surface area (Å²) < 4.78 is 12.9. The highest BCUT2D eigenvalue weighted by molar-refractivity contribution is 8.04. The number of carboxylic acid groups (broad SMARTS) is 1. The lowest BCUT2D eigenvalue weighted by molar-refractivity contribution is -0.385. The monoisotopic (exact) mass is 566 g/mol. The van der Waals surface area contributed by atoms with E-state index in [2.05, 4.69) is 10.2 Å². The molecule has 0 radical (unpaired) electrons. The lowest BCUT2D eigenvalue weighted by atomic mass is 10.1. The predicted octanol–water partition coefficient (Wildman–Crippen LogP) is 6.33. The van der Waals surface area contributed by atoms with Gasteiger partial charge in [0.2, 0.25) is 0 Å². The maximum Gasteiger partial charge on any atom is 0.342 e. The molecule has 0 spiro atoms. The number of halogens is 1. The second-order valence-electron chi connectivity index (χ2n) is 8.07. The van der Waals surface area contributed by atoms with Gasteiger partial charge in [0.05, 0.1) is 23.7 Å². The van der Waals surface area contributed by atoms with E-state index in [1.54, 1.807) is 28.8 Å². The predicted molar refractivity (Wildman–Crippen MR) is 148 cm³/mol. The average molecular weight is 567 g/mol. The Labute approximate surface area is 233 Å². The summed E-state index contributed by atoms with van der Waals surface area (Å²) in [6.07, 6.45) is 1.21. The molecule has 39 heavy (non-hydrogen) atoms. The molecule has 3 aromatic carbocycles. The number of hydrogen-bond donors (Lipinski definition) is 1. The van der Waals surface area contributed by atoms with Crippen LogP contribution >= 0.6 is 23.4 Å². The third-order valence-corrected chi connectivity index (χ3v) is 6.83. The highest BCUT2D eigenvalue weighted by Gasteiger charge is 2.23. The van der Waals surface area contributed by atoms with E-state index in [1.807, 2.05) is 37.3 Å². The summed E-state index contributed by atoms with van der Waals surface area (Å²) in [6, 6.07) is 18.9. The van der Waals surface area contributed by atoms with E-state index in [4.69, 9.17) is 21.1 Å². The molecule has 4 rings (SSSR count). The Bertz CT molecular complexity index is 1520. The quantitative estimate of drug-likeness (QED) is 0.0957. The second-order valence-corrected chi connectivity index (χ2v) is 9.51. The van der Waals surface area contributed by atoms with Crippen LogP contribution in [0, 0.1) is 10.1 Å². The van der Waals surface area contributed by atoms with Gasteiger partial charge in [0, 0.05) is 17.1 Å². The number of nitrogens with zero attached hydrogens (tertiary/aromatic N) is 4. The van der Waals surface area contributed by atoms with E-state index >= 15 is 0 Å². The van der Waals surface area contributed by atoms with Crippen LogP contribution in [0.1, 0.15) is 18.1 Å². The largest absolute Gasteiger partial charge is 0.493 e. The molecule has 1 heterocycles. The van der Waals surface area contributed by atoms with Crippen molar-refractivity contribution in [2.75, 3.05) is 7.11 Å². The fourth-order valence-electron chi connectivity index (χ4n) is 3.68. The topological polar surface area (TPSA) is 130 Å². The summed E-state index contributed by atoms with van der Waals surface area (Å²) >= 11 is 6.82. The molecule has 0 aliphatic carbocycles. The zero-order chi connectivity index (χ0) is 27.9. The van der Waals surface area contributed by atoms with Gasteiger partial charge in [-0.2, -0.15) is 0 Å². The molecule has 0 aliphatic heterocycles. The fraction of sp³-hybridized carbons (Fsp3) is 0.148. The molecular formula is C27H23ClN4O6S. The van der Waals surface area contributed by atoms with E-state index in [9.17, 15) is 20.0 Å². The van der Waals surface area contributed by atoms with Gasteiger partial charge >= 0.3 is 5.97 Å². The molecule has 200 valence electrons. The van der Waals surface area contributed by atoms with Gasteiger partial charge in [-0.15, -0.1) is 10.2 Å². The molecule has 0 amide bonds. The van der Waals surface area contributed by atoms with E-state index in [-0.39, 0.29) is 34.3 Å². The lowest BCUT2D eigenvalue weighted by Gasteiger charge is -2.12. The molecular weight excluding hydrogens is 544 g/mol. The molecule has 1 aromatic heterocycles. The first kappa shape index (κ1) is 27.7. The Hall–Kier alpha value is -4.35. The molecule has 1 N–H and O–H groups in total. The summed E-state index contributed by atoms with van der Waals surface area (Å²) in [6.45, 7) is 2.50. The van der Waals surface area contributed by atoms with Gasteiger partial charge in [-0.25, -0.2) is 4.79 Å². The Morgan fingerprint density at radius 2 is 1.85 bits per heavy atom. The number of ether oxygens (including phenoxy) is 2. The number of nitro benzene ring substituents is 1. The highest BCUT2D eigenvalue weighted by atomic mass is 35.5. The van der Waals surface area contributed by atoms with Crippen LogP contribution in [0.4, 0.5) is 5.69 Å². The molecule has 0 bridgehead atoms. The van der Waals surface area contributed by atoms with Crippen molar-refractivity contribution in [2.45, 2.75) is 25.2 Å². The number of carboxylic acids is 1. The van der Waals surface area contributed by atoms with Gasteiger partial charge in [0.1, 0.15) is 11.5 Å². The molecule has 0 aliphatic rings. The molecule has 0 saturated carbocycles. The van der Waals surface area contributed by atoms with E-state index in [1.165, 1.54) is 25.3 Å². The van der Waals surface area contributed by atoms with Crippen molar-refractivity contribution in [3.63, 3.8) is 0 Å². The van der Waals surface area contributed by atoms with Crippen molar-refractivity contribution in [3.8, 4) is 22.9 Å². The van der Waals surface area contributed by atoms with E-state index < -0.39 is 10.9 Å². The molecule has 0 fully saturated rings. The number of benzene rings is 3. The maximum atomic E-state index is 12.2. The summed E-state index contributed by atoms with van der Waals surface area (Å²) in [7, 11) is 1.40. The number of aliphatic carboxylic acids is 1. The minimum atomic E-state index is -1.28. The van der Waals surface area contributed by atoms with Gasteiger partial charge in [-0.05, 0) is 60.7 Å². The van der Waals surface area contributed by atoms with Crippen LogP contribution in [-0.4, -0.2) is 37.9 Å². The molecule has 0 saturated heterocycles. The van der Waals surface area contributed by atoms with Crippen molar-refractivity contribution in [1.82, 2.24) is 14.8 Å². The van der Waals surface area contributed by atoms with Crippen molar-refractivity contribution in [3.05, 3.63) is 97.9 Å². The second kappa shape index (κ2) is 12.5. The van der Waals surface area contributed by atoms with E-state index in [0.717, 1.165) is 22.9 Å². The maximum absolute atomic E-state index is 12.2. The standard InChI is InChI=1S/C27H23ClN4O6S/c1-3-31-25(18-9-11-20(28)12-10-18)29-30-27(31)39-24(26(33)34)14-19-13-22(37-2)23(15-21(19)32(35)36)38-16-17-7-5-4-6-8-17/h4-15H,3,16H2,1-2H3,(H,33,34)/b24-14-. The number of nitro groups is 1. The Morgan fingerprint density at radius 1 is 1.13 bits per heavy atom. The normalized spacial score (nSPS) is 11.3. The zero-order valence-electron chi connectivity index (χ0n) is 20.9. The zero-order valence-corrected chi connectivity index (χ0v) is 22.5. The van der Waals surface area contributed by atoms with E-state index in [0.29, 0.717) is 22.5 Å². The first-order valence-electron chi connectivity index (χ1n) is 11.7. The summed E-state index contributed by atoms with van der Waals surface area (Å²) in [4.78, 5) is 23.3. The van der Waals surface area contributed by atoms with Gasteiger partial charge in [0.15, 0.2) is 22.5 Å². The first-order valence-corrected chi connectivity index (χ1v) is 12.8. The molecule has 0 unspecified atom stereocenters. The van der Waals surface area contributed by atoms with Crippen LogP contribution in [0.5, 0.6) is 11.5 Å². The van der Waals surface area contributed by atoms with Crippen LogP contribution in [-0.2, 0) is 17.9 Å². The number of carbonyl (C=O) groups is 1. The van der Waals surface area contributed by atoms with Crippen LogP contribution in [0.3, 0.4) is 0 Å². The van der Waals surface area contributed by atoms with Crippen molar-refractivity contribution in [2.24, 2.45) is 0 Å². The Kier molecular flexibility index (Phi) is 8.84.